The van der Waals surface area contributed by atoms with Crippen LogP contribution in [0.25, 0.3) is 55.7 Å². The predicted molar refractivity (Wildman–Crippen MR) is 159 cm³/mol. The number of nitrogens with zero attached hydrogens (tertiary/aromatic N) is 4. The summed E-state index contributed by atoms with van der Waals surface area (Å²) in [6, 6.07) is 23.3. The molecule has 4 aromatic heterocycles. The number of para-hydroxylation sites is 1. The molecule has 0 fully saturated rings. The Balaban J connectivity index is 1.57. The first-order valence-electron chi connectivity index (χ1n) is 13.5. The third kappa shape index (κ3) is 4.26. The molecule has 0 bridgehead atoms. The Bertz CT molecular complexity index is 1870. The Labute approximate surface area is 229 Å². The van der Waals surface area contributed by atoms with E-state index in [4.69, 9.17) is 19.4 Å². The summed E-state index contributed by atoms with van der Waals surface area (Å²) in [5.74, 6) is 0.632. The van der Waals surface area contributed by atoms with Crippen LogP contribution in [0.3, 0.4) is 0 Å². The Morgan fingerprint density at radius 3 is 2.08 bits per heavy atom. The number of pyridine rings is 2. The second kappa shape index (κ2) is 8.70. The monoisotopic (exact) mass is 515 g/mol. The summed E-state index contributed by atoms with van der Waals surface area (Å²) in [6.45, 7) is 15.2. The van der Waals surface area contributed by atoms with Crippen LogP contribution in [-0.4, -0.2) is 15.0 Å². The third-order valence-electron chi connectivity index (χ3n) is 7.54. The van der Waals surface area contributed by atoms with Crippen LogP contribution >= 0.6 is 0 Å². The van der Waals surface area contributed by atoms with Gasteiger partial charge in [0.15, 0.2) is 11.4 Å². The van der Waals surface area contributed by atoms with Gasteiger partial charge < -0.3 is 4.42 Å². The van der Waals surface area contributed by atoms with Crippen molar-refractivity contribution in [3.8, 4) is 22.8 Å². The van der Waals surface area contributed by atoms with Crippen molar-refractivity contribution in [3.63, 3.8) is 0 Å². The van der Waals surface area contributed by atoms with E-state index >= 15 is 0 Å². The summed E-state index contributed by atoms with van der Waals surface area (Å²) in [4.78, 5) is 14.9. The molecule has 0 saturated carbocycles. The van der Waals surface area contributed by atoms with E-state index in [1.807, 2.05) is 6.07 Å². The van der Waals surface area contributed by atoms with Crippen molar-refractivity contribution in [2.75, 3.05) is 0 Å². The van der Waals surface area contributed by atoms with Gasteiger partial charge >= 0.3 is 0 Å². The van der Waals surface area contributed by atoms with E-state index in [-0.39, 0.29) is 10.8 Å². The maximum atomic E-state index is 6.56. The van der Waals surface area contributed by atoms with Crippen molar-refractivity contribution >= 4 is 33.0 Å². The summed E-state index contributed by atoms with van der Waals surface area (Å²) in [7, 11) is 2.11. The van der Waals surface area contributed by atoms with E-state index < -0.39 is 0 Å². The zero-order valence-electron chi connectivity index (χ0n) is 24.0. The van der Waals surface area contributed by atoms with Gasteiger partial charge in [-0.05, 0) is 42.8 Å². The molecule has 0 spiro atoms. The topological polar surface area (TPSA) is 55.7 Å². The zero-order valence-corrected chi connectivity index (χ0v) is 24.0. The maximum absolute atomic E-state index is 6.56. The second-order valence-electron chi connectivity index (χ2n) is 12.6. The van der Waals surface area contributed by atoms with E-state index in [9.17, 15) is 0 Å². The van der Waals surface area contributed by atoms with Crippen molar-refractivity contribution < 1.29 is 8.98 Å². The van der Waals surface area contributed by atoms with Gasteiger partial charge in [-0.15, -0.1) is 0 Å². The number of aromatic nitrogens is 4. The Morgan fingerprint density at radius 2 is 1.38 bits per heavy atom. The van der Waals surface area contributed by atoms with Crippen LogP contribution in [0.2, 0.25) is 0 Å². The molecule has 39 heavy (non-hydrogen) atoms. The highest BCUT2D eigenvalue weighted by atomic mass is 16.3. The van der Waals surface area contributed by atoms with E-state index in [0.717, 1.165) is 44.6 Å². The SMILES string of the molecule is Cc1ccc2c(oc3nc(-c4nc(C(C)(C)C)cc(C(C)(C)C)n4)ccc32)c1-c1ccc2ccccc2[n+]1C. The molecule has 0 radical (unpaired) electrons. The van der Waals surface area contributed by atoms with E-state index in [0.29, 0.717) is 17.2 Å². The summed E-state index contributed by atoms with van der Waals surface area (Å²) in [5, 5.41) is 3.25. The van der Waals surface area contributed by atoms with Gasteiger partial charge in [0.2, 0.25) is 16.9 Å². The van der Waals surface area contributed by atoms with Gasteiger partial charge in [-0.3, -0.25) is 0 Å². The highest BCUT2D eigenvalue weighted by molar-refractivity contribution is 6.09. The lowest BCUT2D eigenvalue weighted by Gasteiger charge is -2.24. The number of fused-ring (bicyclic) bond motifs is 4. The summed E-state index contributed by atoms with van der Waals surface area (Å²) < 4.78 is 8.80. The summed E-state index contributed by atoms with van der Waals surface area (Å²) in [6.07, 6.45) is 0. The van der Waals surface area contributed by atoms with Gasteiger partial charge in [0.25, 0.3) is 0 Å². The quantitative estimate of drug-likeness (QED) is 0.219. The minimum Gasteiger partial charge on any atom is -0.437 e. The van der Waals surface area contributed by atoms with Crippen molar-refractivity contribution in [2.45, 2.75) is 59.3 Å². The number of benzene rings is 2. The lowest BCUT2D eigenvalue weighted by Crippen LogP contribution is -2.32. The lowest BCUT2D eigenvalue weighted by molar-refractivity contribution is -0.633. The number of furan rings is 1. The van der Waals surface area contributed by atoms with Gasteiger partial charge in [-0.1, -0.05) is 65.8 Å². The maximum Gasteiger partial charge on any atom is 0.228 e. The van der Waals surface area contributed by atoms with Crippen LogP contribution in [-0.2, 0) is 17.9 Å². The third-order valence-corrected chi connectivity index (χ3v) is 7.54. The first-order chi connectivity index (χ1) is 18.4. The standard InChI is InChI=1S/C34H35N4O/c1-20-13-15-22-23-16-17-24(31-36-27(33(2,3)4)19-28(37-31)34(5,6)7)35-32(23)39-30(22)29(20)26-18-14-21-11-9-10-12-25(21)38(26)8/h9-19H,1-8H3/q+1. The predicted octanol–water partition coefficient (Wildman–Crippen LogP) is 7.99. The molecule has 0 amide bonds. The minimum atomic E-state index is -0.108. The summed E-state index contributed by atoms with van der Waals surface area (Å²) >= 11 is 0. The Kier molecular flexibility index (Phi) is 5.62. The van der Waals surface area contributed by atoms with Crippen molar-refractivity contribution in [3.05, 3.63) is 83.7 Å². The molecular weight excluding hydrogens is 480 g/mol. The molecule has 0 atom stereocenters. The number of hydrogen-bond donors (Lipinski definition) is 0. The molecule has 6 rings (SSSR count). The molecule has 4 heterocycles. The Morgan fingerprint density at radius 1 is 0.718 bits per heavy atom. The van der Waals surface area contributed by atoms with Crippen molar-refractivity contribution in [2.24, 2.45) is 7.05 Å². The molecule has 0 N–H and O–H groups in total. The van der Waals surface area contributed by atoms with Gasteiger partial charge in [0.1, 0.15) is 12.7 Å². The Hall–Kier alpha value is -4.12. The van der Waals surface area contributed by atoms with Crippen LogP contribution in [0, 0.1) is 6.92 Å². The van der Waals surface area contributed by atoms with E-state index in [1.165, 1.54) is 10.9 Å². The molecule has 0 aliphatic heterocycles. The smallest absolute Gasteiger partial charge is 0.228 e. The van der Waals surface area contributed by atoms with Crippen molar-refractivity contribution in [1.82, 2.24) is 15.0 Å². The molecule has 0 aliphatic carbocycles. The molecular formula is C34H35N4O+. The number of aryl methyl sites for hydroxylation is 2. The molecule has 2 aromatic carbocycles. The highest BCUT2D eigenvalue weighted by Crippen LogP contribution is 2.37. The zero-order chi connectivity index (χ0) is 27.7. The normalized spacial score (nSPS) is 12.6. The van der Waals surface area contributed by atoms with Gasteiger partial charge in [-0.25, -0.2) is 15.0 Å². The molecule has 0 saturated heterocycles. The van der Waals surface area contributed by atoms with Crippen LogP contribution < -0.4 is 4.57 Å². The van der Waals surface area contributed by atoms with Gasteiger partial charge in [-0.2, -0.15) is 4.57 Å². The molecule has 0 aliphatic rings. The highest BCUT2D eigenvalue weighted by Gasteiger charge is 2.25. The number of rotatable bonds is 2. The molecule has 0 unspecified atom stereocenters. The average molecular weight is 516 g/mol. The summed E-state index contributed by atoms with van der Waals surface area (Å²) in [5.41, 5.74) is 8.47. The molecule has 5 heteroatoms. The minimum absolute atomic E-state index is 0.108. The first-order valence-corrected chi connectivity index (χ1v) is 13.5. The molecule has 6 aromatic rings. The van der Waals surface area contributed by atoms with Crippen LogP contribution in [0.4, 0.5) is 0 Å². The van der Waals surface area contributed by atoms with E-state index in [1.54, 1.807) is 0 Å². The van der Waals surface area contributed by atoms with Gasteiger partial charge in [0, 0.05) is 39.1 Å². The largest absolute Gasteiger partial charge is 0.437 e. The first kappa shape index (κ1) is 25.2. The fourth-order valence-corrected chi connectivity index (χ4v) is 5.19. The van der Waals surface area contributed by atoms with E-state index in [2.05, 4.69) is 121 Å². The van der Waals surface area contributed by atoms with Crippen LogP contribution in [0.15, 0.2) is 71.1 Å². The van der Waals surface area contributed by atoms with Gasteiger partial charge in [0.05, 0.1) is 17.0 Å². The average Bonchev–Trinajstić information content (AvgIpc) is 3.26. The lowest BCUT2D eigenvalue weighted by atomic mass is 9.86. The molecule has 5 nitrogen and oxygen atoms in total. The fraction of sp³-hybridized carbons (Fsp3) is 0.294. The van der Waals surface area contributed by atoms with Crippen molar-refractivity contribution in [1.29, 1.82) is 0 Å². The van der Waals surface area contributed by atoms with Crippen LogP contribution in [0.5, 0.6) is 0 Å². The molecule has 196 valence electrons. The fourth-order valence-electron chi connectivity index (χ4n) is 5.19. The second-order valence-corrected chi connectivity index (χ2v) is 12.6. The van der Waals surface area contributed by atoms with Crippen LogP contribution in [0.1, 0.15) is 58.5 Å². The number of hydrogen-bond acceptors (Lipinski definition) is 4.